The van der Waals surface area contributed by atoms with Gasteiger partial charge in [0.15, 0.2) is 0 Å². The number of thiophene rings is 1. The van der Waals surface area contributed by atoms with Gasteiger partial charge in [0.2, 0.25) is 5.91 Å². The molecule has 1 aliphatic heterocycles. The minimum absolute atomic E-state index is 0.139. The van der Waals surface area contributed by atoms with Crippen LogP contribution < -0.4 is 11.5 Å². The lowest BCUT2D eigenvalue weighted by Gasteiger charge is -2.21. The van der Waals surface area contributed by atoms with Gasteiger partial charge >= 0.3 is 0 Å². The zero-order valence-corrected chi connectivity index (χ0v) is 12.1. The Morgan fingerprint density at radius 3 is 2.95 bits per heavy atom. The summed E-state index contributed by atoms with van der Waals surface area (Å²) in [5, 5.41) is 0. The molecule has 0 bridgehead atoms. The van der Waals surface area contributed by atoms with E-state index < -0.39 is 11.9 Å². The Morgan fingerprint density at radius 1 is 1.55 bits per heavy atom. The van der Waals surface area contributed by atoms with Crippen LogP contribution in [-0.2, 0) is 4.79 Å². The summed E-state index contributed by atoms with van der Waals surface area (Å²) in [6.07, 6.45) is 1.45. The van der Waals surface area contributed by atoms with Crippen LogP contribution in [0.15, 0.2) is 6.07 Å². The van der Waals surface area contributed by atoms with E-state index in [4.69, 9.17) is 11.5 Å². The zero-order valence-electron chi connectivity index (χ0n) is 11.3. The van der Waals surface area contributed by atoms with Crippen LogP contribution in [0.2, 0.25) is 0 Å². The average Bonchev–Trinajstić information content (AvgIpc) is 3.02. The molecule has 0 spiro atoms. The van der Waals surface area contributed by atoms with E-state index >= 15 is 0 Å². The molecule has 6 heteroatoms. The van der Waals surface area contributed by atoms with Crippen molar-refractivity contribution in [3.63, 3.8) is 0 Å². The highest BCUT2D eigenvalue weighted by atomic mass is 32.1. The summed E-state index contributed by atoms with van der Waals surface area (Å²) < 4.78 is 0. The van der Waals surface area contributed by atoms with E-state index in [2.05, 4.69) is 11.8 Å². The number of aryl methyl sites for hydroxylation is 1. The van der Waals surface area contributed by atoms with E-state index in [9.17, 15) is 9.59 Å². The van der Waals surface area contributed by atoms with Crippen LogP contribution in [-0.4, -0.2) is 35.8 Å². The Bertz CT molecular complexity index is 597. The fourth-order valence-electron chi connectivity index (χ4n) is 2.29. The van der Waals surface area contributed by atoms with Gasteiger partial charge in [0, 0.05) is 6.54 Å². The Kier molecular flexibility index (Phi) is 4.42. The molecule has 1 aromatic heterocycles. The van der Waals surface area contributed by atoms with Crippen molar-refractivity contribution in [1.29, 1.82) is 0 Å². The fraction of sp³-hybridized carbons (Fsp3) is 0.429. The lowest BCUT2D eigenvalue weighted by molar-refractivity contribution is -0.121. The van der Waals surface area contributed by atoms with Crippen molar-refractivity contribution in [3.05, 3.63) is 21.4 Å². The molecule has 2 heterocycles. The second-order valence-electron chi connectivity index (χ2n) is 4.69. The van der Waals surface area contributed by atoms with Crippen molar-refractivity contribution in [2.24, 2.45) is 11.5 Å². The molecule has 1 atom stereocenters. The molecule has 1 aromatic rings. The van der Waals surface area contributed by atoms with Crippen molar-refractivity contribution in [1.82, 2.24) is 4.90 Å². The number of primary amides is 1. The molecule has 106 valence electrons. The third-order valence-corrected chi connectivity index (χ3v) is 4.42. The van der Waals surface area contributed by atoms with Gasteiger partial charge in [-0.15, -0.1) is 11.3 Å². The van der Waals surface area contributed by atoms with Crippen LogP contribution in [0.4, 0.5) is 0 Å². The van der Waals surface area contributed by atoms with Crippen molar-refractivity contribution in [3.8, 4) is 11.8 Å². The minimum Gasteiger partial charge on any atom is -0.368 e. The summed E-state index contributed by atoms with van der Waals surface area (Å²) in [6, 6.07) is 1.33. The van der Waals surface area contributed by atoms with E-state index in [1.807, 2.05) is 13.0 Å². The molecule has 4 N–H and O–H groups in total. The number of amides is 2. The normalized spacial score (nSPS) is 17.7. The molecule has 1 saturated heterocycles. The number of likely N-dealkylation sites (tertiary alicyclic amines) is 1. The topological polar surface area (TPSA) is 89.4 Å². The largest absolute Gasteiger partial charge is 0.368 e. The molecule has 2 rings (SSSR count). The summed E-state index contributed by atoms with van der Waals surface area (Å²) in [6.45, 7) is 2.77. The van der Waals surface area contributed by atoms with Gasteiger partial charge in [0.25, 0.3) is 5.91 Å². The van der Waals surface area contributed by atoms with Gasteiger partial charge in [-0.3, -0.25) is 9.59 Å². The maximum Gasteiger partial charge on any atom is 0.264 e. The lowest BCUT2D eigenvalue weighted by atomic mass is 10.2. The zero-order chi connectivity index (χ0) is 14.7. The first kappa shape index (κ1) is 14.6. The van der Waals surface area contributed by atoms with E-state index in [-0.39, 0.29) is 12.5 Å². The maximum atomic E-state index is 12.5. The minimum atomic E-state index is -0.483. The van der Waals surface area contributed by atoms with Gasteiger partial charge in [-0.1, -0.05) is 11.8 Å². The second-order valence-corrected chi connectivity index (χ2v) is 5.74. The van der Waals surface area contributed by atoms with Gasteiger partial charge in [0.05, 0.1) is 16.3 Å². The van der Waals surface area contributed by atoms with Gasteiger partial charge in [-0.2, -0.15) is 0 Å². The predicted octanol–water partition coefficient (Wildman–Crippen LogP) is 0.457. The molecule has 0 saturated carbocycles. The van der Waals surface area contributed by atoms with E-state index in [1.165, 1.54) is 11.3 Å². The summed E-state index contributed by atoms with van der Waals surface area (Å²) in [5.41, 5.74) is 11.6. The maximum absolute atomic E-state index is 12.5. The van der Waals surface area contributed by atoms with Crippen molar-refractivity contribution < 1.29 is 9.59 Å². The van der Waals surface area contributed by atoms with E-state index in [1.54, 1.807) is 4.90 Å². The van der Waals surface area contributed by atoms with Crippen molar-refractivity contribution in [2.45, 2.75) is 25.8 Å². The first-order valence-electron chi connectivity index (χ1n) is 6.44. The standard InChI is InChI=1S/C14H17N3O2S/c1-9-8-12(20-11(9)5-2-6-15)14(19)17-7-3-4-10(17)13(16)18/h8,10H,3-4,6-7,15H2,1H3,(H2,16,18). The van der Waals surface area contributed by atoms with Crippen molar-refractivity contribution in [2.75, 3.05) is 13.1 Å². The number of carbonyl (C=O) groups excluding carboxylic acids is 2. The predicted molar refractivity (Wildman–Crippen MR) is 78.2 cm³/mol. The third kappa shape index (κ3) is 2.84. The first-order chi connectivity index (χ1) is 9.54. The molecule has 0 aromatic carbocycles. The monoisotopic (exact) mass is 291 g/mol. The highest BCUT2D eigenvalue weighted by molar-refractivity contribution is 7.14. The SMILES string of the molecule is Cc1cc(C(=O)N2CCCC2C(N)=O)sc1C#CCN. The van der Waals surface area contributed by atoms with Gasteiger partial charge in [-0.05, 0) is 31.4 Å². The molecule has 5 nitrogen and oxygen atoms in total. The third-order valence-electron chi connectivity index (χ3n) is 3.27. The van der Waals surface area contributed by atoms with Crippen LogP contribution in [0.3, 0.4) is 0 Å². The number of hydrogen-bond donors (Lipinski definition) is 2. The number of nitrogens with two attached hydrogens (primary N) is 2. The highest BCUT2D eigenvalue weighted by Gasteiger charge is 2.33. The average molecular weight is 291 g/mol. The van der Waals surface area contributed by atoms with Gasteiger partial charge < -0.3 is 16.4 Å². The second kappa shape index (κ2) is 6.07. The van der Waals surface area contributed by atoms with Crippen LogP contribution in [0.5, 0.6) is 0 Å². The number of carbonyl (C=O) groups is 2. The quantitative estimate of drug-likeness (QED) is 0.776. The first-order valence-corrected chi connectivity index (χ1v) is 7.26. The van der Waals surface area contributed by atoms with Gasteiger partial charge in [-0.25, -0.2) is 0 Å². The summed E-state index contributed by atoms with van der Waals surface area (Å²) in [4.78, 5) is 26.8. The van der Waals surface area contributed by atoms with Crippen molar-refractivity contribution >= 4 is 23.2 Å². The Balaban J connectivity index is 2.23. The van der Waals surface area contributed by atoms with E-state index in [0.717, 1.165) is 16.9 Å². The smallest absolute Gasteiger partial charge is 0.264 e. The fourth-order valence-corrected chi connectivity index (χ4v) is 3.29. The Hall–Kier alpha value is -1.84. The molecule has 1 unspecified atom stereocenters. The van der Waals surface area contributed by atoms with E-state index in [0.29, 0.717) is 17.8 Å². The van der Waals surface area contributed by atoms with Gasteiger partial charge in [0.1, 0.15) is 6.04 Å². The van der Waals surface area contributed by atoms with Crippen LogP contribution in [0.25, 0.3) is 0 Å². The molecule has 20 heavy (non-hydrogen) atoms. The van der Waals surface area contributed by atoms with Crippen LogP contribution in [0, 0.1) is 18.8 Å². The number of rotatable bonds is 2. The molecular formula is C14H17N3O2S. The molecular weight excluding hydrogens is 274 g/mol. The number of hydrogen-bond acceptors (Lipinski definition) is 4. The summed E-state index contributed by atoms with van der Waals surface area (Å²) in [7, 11) is 0. The molecule has 0 aliphatic carbocycles. The summed E-state index contributed by atoms with van der Waals surface area (Å²) >= 11 is 1.34. The van der Waals surface area contributed by atoms with Crippen LogP contribution in [0.1, 0.15) is 33.0 Å². The number of nitrogens with zero attached hydrogens (tertiary/aromatic N) is 1. The summed E-state index contributed by atoms with van der Waals surface area (Å²) in [5.74, 6) is 5.16. The molecule has 1 aliphatic rings. The molecule has 0 radical (unpaired) electrons. The molecule has 1 fully saturated rings. The van der Waals surface area contributed by atoms with Crippen LogP contribution >= 0.6 is 11.3 Å². The Morgan fingerprint density at radius 2 is 2.30 bits per heavy atom. The lowest BCUT2D eigenvalue weighted by Crippen LogP contribution is -2.43. The molecule has 2 amide bonds. The Labute approximate surface area is 121 Å². The highest BCUT2D eigenvalue weighted by Crippen LogP contribution is 2.26.